The van der Waals surface area contributed by atoms with Crippen LogP contribution in [0.25, 0.3) is 0 Å². The average molecular weight is 363 g/mol. The third kappa shape index (κ3) is 4.10. The molecule has 0 aromatic heterocycles. The fourth-order valence-corrected chi connectivity index (χ4v) is 2.99. The summed E-state index contributed by atoms with van der Waals surface area (Å²) in [4.78, 5) is 12.0. The molecule has 2 rings (SSSR count). The molecule has 0 aliphatic rings. The molecule has 0 spiro atoms. The number of carbonyl (C=O) groups excluding carboxylic acids is 1. The molecule has 0 fully saturated rings. The molecule has 0 aliphatic heterocycles. The number of benzene rings is 2. The van der Waals surface area contributed by atoms with E-state index >= 15 is 0 Å². The number of aryl methyl sites for hydroxylation is 4. The highest BCUT2D eigenvalue weighted by atomic mass is 79.9. The van der Waals surface area contributed by atoms with Gasteiger partial charge in [-0.25, -0.2) is 4.79 Å². The van der Waals surface area contributed by atoms with E-state index in [0.29, 0.717) is 11.5 Å². The van der Waals surface area contributed by atoms with Crippen molar-refractivity contribution in [2.24, 2.45) is 0 Å². The molecule has 4 heteroatoms. The summed E-state index contributed by atoms with van der Waals surface area (Å²) >= 11 is 3.42. The lowest BCUT2D eigenvalue weighted by Crippen LogP contribution is -2.19. The lowest BCUT2D eigenvalue weighted by molar-refractivity contribution is -0.136. The standard InChI is InChI=1S/C18H19BrO3/c1-11-5-6-16(12(2)7-11)21-10-17(20)22-18-13(3)8-15(19)9-14(18)4/h5-9H,10H2,1-4H3. The second-order valence-electron chi connectivity index (χ2n) is 5.40. The molecular formula is C18H19BrO3. The molecule has 0 aliphatic carbocycles. The van der Waals surface area contributed by atoms with Gasteiger partial charge in [0.15, 0.2) is 6.61 Å². The van der Waals surface area contributed by atoms with E-state index < -0.39 is 5.97 Å². The van der Waals surface area contributed by atoms with Gasteiger partial charge in [-0.05, 0) is 62.6 Å². The van der Waals surface area contributed by atoms with Crippen LogP contribution in [0.1, 0.15) is 22.3 Å². The van der Waals surface area contributed by atoms with Gasteiger partial charge in [0.1, 0.15) is 11.5 Å². The fourth-order valence-electron chi connectivity index (χ4n) is 2.30. The van der Waals surface area contributed by atoms with Crippen LogP contribution in [0, 0.1) is 27.7 Å². The van der Waals surface area contributed by atoms with Gasteiger partial charge in [0.25, 0.3) is 0 Å². The van der Waals surface area contributed by atoms with Crippen molar-refractivity contribution in [3.8, 4) is 11.5 Å². The van der Waals surface area contributed by atoms with Crippen LogP contribution < -0.4 is 9.47 Å². The first-order chi connectivity index (χ1) is 10.4. The number of hydrogen-bond donors (Lipinski definition) is 0. The van der Waals surface area contributed by atoms with Crippen LogP contribution in [0.15, 0.2) is 34.8 Å². The maximum absolute atomic E-state index is 12.0. The number of ether oxygens (including phenoxy) is 2. The number of esters is 1. The molecule has 0 saturated carbocycles. The first kappa shape index (κ1) is 16.6. The largest absolute Gasteiger partial charge is 0.482 e. The normalized spacial score (nSPS) is 10.4. The molecule has 0 radical (unpaired) electrons. The Morgan fingerprint density at radius 3 is 2.23 bits per heavy atom. The summed E-state index contributed by atoms with van der Waals surface area (Å²) in [6.07, 6.45) is 0. The SMILES string of the molecule is Cc1ccc(OCC(=O)Oc2c(C)cc(Br)cc2C)c(C)c1. The second kappa shape index (κ2) is 6.97. The van der Waals surface area contributed by atoms with Crippen molar-refractivity contribution in [1.29, 1.82) is 0 Å². The molecule has 22 heavy (non-hydrogen) atoms. The van der Waals surface area contributed by atoms with Gasteiger partial charge in [-0.15, -0.1) is 0 Å². The first-order valence-electron chi connectivity index (χ1n) is 7.04. The third-order valence-electron chi connectivity index (χ3n) is 3.32. The van der Waals surface area contributed by atoms with E-state index in [4.69, 9.17) is 9.47 Å². The molecule has 116 valence electrons. The van der Waals surface area contributed by atoms with Crippen molar-refractivity contribution in [1.82, 2.24) is 0 Å². The van der Waals surface area contributed by atoms with Gasteiger partial charge in [-0.2, -0.15) is 0 Å². The van der Waals surface area contributed by atoms with E-state index in [1.54, 1.807) is 0 Å². The Balaban J connectivity index is 2.02. The monoisotopic (exact) mass is 362 g/mol. The molecule has 2 aromatic carbocycles. The number of hydrogen-bond acceptors (Lipinski definition) is 3. The summed E-state index contributed by atoms with van der Waals surface area (Å²) in [6, 6.07) is 9.68. The van der Waals surface area contributed by atoms with Gasteiger partial charge in [0.2, 0.25) is 0 Å². The summed E-state index contributed by atoms with van der Waals surface area (Å²) in [7, 11) is 0. The Labute approximate surface area is 139 Å². The highest BCUT2D eigenvalue weighted by Gasteiger charge is 2.12. The Hall–Kier alpha value is -1.81. The van der Waals surface area contributed by atoms with E-state index in [0.717, 1.165) is 26.7 Å². The van der Waals surface area contributed by atoms with E-state index in [1.165, 1.54) is 0 Å². The van der Waals surface area contributed by atoms with Crippen molar-refractivity contribution >= 4 is 21.9 Å². The van der Waals surface area contributed by atoms with Crippen molar-refractivity contribution < 1.29 is 14.3 Å². The maximum atomic E-state index is 12.0. The molecular weight excluding hydrogens is 344 g/mol. The van der Waals surface area contributed by atoms with Crippen LogP contribution in [-0.2, 0) is 4.79 Å². The minimum atomic E-state index is -0.409. The molecule has 0 amide bonds. The Bertz CT molecular complexity index is 684. The topological polar surface area (TPSA) is 35.5 Å². The summed E-state index contributed by atoms with van der Waals surface area (Å²) in [5.74, 6) is 0.887. The van der Waals surface area contributed by atoms with Gasteiger partial charge in [-0.1, -0.05) is 33.6 Å². The van der Waals surface area contributed by atoms with Crippen LogP contribution >= 0.6 is 15.9 Å². The molecule has 2 aromatic rings. The smallest absolute Gasteiger partial charge is 0.349 e. The Morgan fingerprint density at radius 1 is 1.00 bits per heavy atom. The van der Waals surface area contributed by atoms with Crippen LogP contribution in [0.2, 0.25) is 0 Å². The zero-order valence-electron chi connectivity index (χ0n) is 13.2. The minimum Gasteiger partial charge on any atom is -0.482 e. The Morgan fingerprint density at radius 2 is 1.64 bits per heavy atom. The highest BCUT2D eigenvalue weighted by Crippen LogP contribution is 2.27. The molecule has 0 N–H and O–H groups in total. The maximum Gasteiger partial charge on any atom is 0.349 e. The first-order valence-corrected chi connectivity index (χ1v) is 7.83. The van der Waals surface area contributed by atoms with Crippen molar-refractivity contribution in [3.05, 3.63) is 57.1 Å². The third-order valence-corrected chi connectivity index (χ3v) is 3.77. The van der Waals surface area contributed by atoms with Crippen LogP contribution in [0.4, 0.5) is 0 Å². The quantitative estimate of drug-likeness (QED) is 0.585. The number of carbonyl (C=O) groups is 1. The van der Waals surface area contributed by atoms with Gasteiger partial charge >= 0.3 is 5.97 Å². The molecule has 0 atom stereocenters. The summed E-state index contributed by atoms with van der Waals surface area (Å²) < 4.78 is 11.9. The lowest BCUT2D eigenvalue weighted by atomic mass is 10.1. The van der Waals surface area contributed by atoms with E-state index in [9.17, 15) is 4.79 Å². The highest BCUT2D eigenvalue weighted by molar-refractivity contribution is 9.10. The zero-order valence-corrected chi connectivity index (χ0v) is 14.8. The molecule has 0 unspecified atom stereocenters. The van der Waals surface area contributed by atoms with Crippen molar-refractivity contribution in [3.63, 3.8) is 0 Å². The summed E-state index contributed by atoms with van der Waals surface area (Å²) in [6.45, 7) is 7.68. The molecule has 0 saturated heterocycles. The zero-order chi connectivity index (χ0) is 16.3. The summed E-state index contributed by atoms with van der Waals surface area (Å²) in [5.41, 5.74) is 3.98. The summed E-state index contributed by atoms with van der Waals surface area (Å²) in [5, 5.41) is 0. The second-order valence-corrected chi connectivity index (χ2v) is 6.32. The average Bonchev–Trinajstić information content (AvgIpc) is 2.42. The van der Waals surface area contributed by atoms with Crippen LogP contribution in [0.3, 0.4) is 0 Å². The van der Waals surface area contributed by atoms with Gasteiger partial charge in [0, 0.05) is 4.47 Å². The van der Waals surface area contributed by atoms with Crippen molar-refractivity contribution in [2.45, 2.75) is 27.7 Å². The molecule has 0 bridgehead atoms. The Kier molecular flexibility index (Phi) is 5.24. The van der Waals surface area contributed by atoms with Crippen LogP contribution in [0.5, 0.6) is 11.5 Å². The lowest BCUT2D eigenvalue weighted by Gasteiger charge is -2.12. The van der Waals surface area contributed by atoms with Crippen LogP contribution in [-0.4, -0.2) is 12.6 Å². The predicted molar refractivity (Wildman–Crippen MR) is 90.7 cm³/mol. The molecule has 3 nitrogen and oxygen atoms in total. The van der Waals surface area contributed by atoms with Crippen molar-refractivity contribution in [2.75, 3.05) is 6.61 Å². The van der Waals surface area contributed by atoms with Gasteiger partial charge in [-0.3, -0.25) is 0 Å². The van der Waals surface area contributed by atoms with Gasteiger partial charge < -0.3 is 9.47 Å². The predicted octanol–water partition coefficient (Wildman–Crippen LogP) is 4.67. The number of rotatable bonds is 4. The van der Waals surface area contributed by atoms with Gasteiger partial charge in [0.05, 0.1) is 0 Å². The number of halogens is 1. The van der Waals surface area contributed by atoms with E-state index in [2.05, 4.69) is 15.9 Å². The minimum absolute atomic E-state index is 0.112. The van der Waals surface area contributed by atoms with E-state index in [1.807, 2.05) is 58.0 Å². The van der Waals surface area contributed by atoms with E-state index in [-0.39, 0.29) is 6.61 Å². The molecule has 0 heterocycles. The fraction of sp³-hybridized carbons (Fsp3) is 0.278.